The molecule has 0 aliphatic heterocycles. The van der Waals surface area contributed by atoms with Crippen LogP contribution in [0.1, 0.15) is 37.8 Å². The fraction of sp³-hybridized carbons (Fsp3) is 0.190. The number of para-hydroxylation sites is 1. The van der Waals surface area contributed by atoms with E-state index >= 15 is 0 Å². The van der Waals surface area contributed by atoms with Crippen molar-refractivity contribution in [3.8, 4) is 11.6 Å². The minimum Gasteiger partial charge on any atom is -0.493 e. The lowest BCUT2D eigenvalue weighted by molar-refractivity contribution is 0.430. The molecule has 6 nitrogen and oxygen atoms in total. The quantitative estimate of drug-likeness (QED) is 0.696. The van der Waals surface area contributed by atoms with Gasteiger partial charge in [0.15, 0.2) is 0 Å². The van der Waals surface area contributed by atoms with Gasteiger partial charge in [-0.2, -0.15) is 0 Å². The van der Waals surface area contributed by atoms with Crippen LogP contribution < -0.4 is 11.2 Å². The van der Waals surface area contributed by atoms with Crippen LogP contribution in [0.2, 0.25) is 0 Å². The molecule has 2 aromatic carbocycles. The number of aromatic hydroxyl groups is 1. The summed E-state index contributed by atoms with van der Waals surface area (Å²) < 4.78 is 1.05. The first-order chi connectivity index (χ1) is 12.9. The highest BCUT2D eigenvalue weighted by Gasteiger charge is 2.17. The maximum atomic E-state index is 12.3. The normalized spacial score (nSPS) is 11.8. The zero-order valence-corrected chi connectivity index (χ0v) is 15.4. The Hall–Kier alpha value is -3.41. The van der Waals surface area contributed by atoms with Crippen molar-refractivity contribution in [1.82, 2.24) is 9.55 Å². The van der Waals surface area contributed by atoms with Crippen LogP contribution in [0.5, 0.6) is 5.88 Å². The smallest absolute Gasteiger partial charge is 0.335 e. The third-order valence-corrected chi connectivity index (χ3v) is 4.32. The second kappa shape index (κ2) is 7.45. The van der Waals surface area contributed by atoms with Crippen molar-refractivity contribution in [2.45, 2.75) is 26.7 Å². The summed E-state index contributed by atoms with van der Waals surface area (Å²) in [6, 6.07) is 16.3. The fourth-order valence-corrected chi connectivity index (χ4v) is 2.85. The molecule has 27 heavy (non-hydrogen) atoms. The Balaban J connectivity index is 2.11. The summed E-state index contributed by atoms with van der Waals surface area (Å²) in [6.07, 6.45) is 0. The van der Waals surface area contributed by atoms with Crippen LogP contribution >= 0.6 is 0 Å². The fourth-order valence-electron chi connectivity index (χ4n) is 2.85. The minimum atomic E-state index is -0.707. The Morgan fingerprint density at radius 2 is 1.67 bits per heavy atom. The number of aliphatic imine (C=N–C) groups is 1. The van der Waals surface area contributed by atoms with E-state index in [1.165, 1.54) is 5.56 Å². The lowest BCUT2D eigenvalue weighted by Gasteiger charge is -2.11. The van der Waals surface area contributed by atoms with Crippen molar-refractivity contribution in [1.29, 1.82) is 0 Å². The van der Waals surface area contributed by atoms with E-state index in [-0.39, 0.29) is 5.56 Å². The van der Waals surface area contributed by atoms with Crippen molar-refractivity contribution in [2.75, 3.05) is 0 Å². The summed E-state index contributed by atoms with van der Waals surface area (Å²) in [6.45, 7) is 5.84. The van der Waals surface area contributed by atoms with Gasteiger partial charge in [0.25, 0.3) is 5.56 Å². The van der Waals surface area contributed by atoms with E-state index in [0.717, 1.165) is 4.57 Å². The molecule has 0 aliphatic carbocycles. The van der Waals surface area contributed by atoms with Gasteiger partial charge in [-0.1, -0.05) is 44.2 Å². The topological polar surface area (TPSA) is 87.4 Å². The zero-order valence-electron chi connectivity index (χ0n) is 15.4. The van der Waals surface area contributed by atoms with Crippen LogP contribution in [0.3, 0.4) is 0 Å². The molecule has 0 spiro atoms. The minimum absolute atomic E-state index is 0.0358. The summed E-state index contributed by atoms with van der Waals surface area (Å²) in [5, 5.41) is 10.6. The van der Waals surface area contributed by atoms with Gasteiger partial charge in [-0.15, -0.1) is 0 Å². The van der Waals surface area contributed by atoms with E-state index in [4.69, 9.17) is 0 Å². The summed E-state index contributed by atoms with van der Waals surface area (Å²) >= 11 is 0. The molecule has 3 aromatic rings. The van der Waals surface area contributed by atoms with Crippen LogP contribution in [0.4, 0.5) is 5.69 Å². The number of hydrogen-bond acceptors (Lipinski definition) is 4. The first-order valence-electron chi connectivity index (χ1n) is 8.68. The molecular formula is C21H21N3O3. The predicted molar refractivity (Wildman–Crippen MR) is 107 cm³/mol. The summed E-state index contributed by atoms with van der Waals surface area (Å²) in [5.41, 5.74) is 1.19. The van der Waals surface area contributed by atoms with E-state index in [2.05, 4.69) is 23.8 Å². The monoisotopic (exact) mass is 363 g/mol. The van der Waals surface area contributed by atoms with Crippen LogP contribution in [0.25, 0.3) is 5.69 Å². The third-order valence-electron chi connectivity index (χ3n) is 4.32. The van der Waals surface area contributed by atoms with Gasteiger partial charge in [0.1, 0.15) is 5.56 Å². The van der Waals surface area contributed by atoms with E-state index in [1.54, 1.807) is 37.3 Å². The molecule has 138 valence electrons. The van der Waals surface area contributed by atoms with Crippen LogP contribution in [0.15, 0.2) is 69.2 Å². The maximum Gasteiger partial charge on any atom is 0.335 e. The summed E-state index contributed by atoms with van der Waals surface area (Å²) in [4.78, 5) is 31.2. The number of nitrogens with one attached hydrogen (secondary N) is 1. The third kappa shape index (κ3) is 3.74. The van der Waals surface area contributed by atoms with Crippen LogP contribution in [0, 0.1) is 0 Å². The molecule has 0 atom stereocenters. The van der Waals surface area contributed by atoms with E-state index in [9.17, 15) is 14.7 Å². The molecule has 0 bridgehead atoms. The number of H-pyrrole nitrogens is 1. The molecule has 0 aliphatic rings. The number of benzene rings is 2. The largest absolute Gasteiger partial charge is 0.493 e. The molecule has 0 amide bonds. The average Bonchev–Trinajstić information content (AvgIpc) is 2.62. The summed E-state index contributed by atoms with van der Waals surface area (Å²) in [5.74, 6) is -0.0274. The molecule has 6 heteroatoms. The number of rotatable bonds is 4. The van der Waals surface area contributed by atoms with Crippen molar-refractivity contribution < 1.29 is 5.11 Å². The lowest BCUT2D eigenvalue weighted by Crippen LogP contribution is -2.32. The number of nitrogens with zero attached hydrogens (tertiary/aromatic N) is 2. The molecule has 1 aromatic heterocycles. The Labute approximate surface area is 156 Å². The van der Waals surface area contributed by atoms with Crippen LogP contribution in [-0.4, -0.2) is 20.4 Å². The summed E-state index contributed by atoms with van der Waals surface area (Å²) in [7, 11) is 0. The average molecular weight is 363 g/mol. The van der Waals surface area contributed by atoms with E-state index in [1.807, 2.05) is 24.3 Å². The Kier molecular flexibility index (Phi) is 5.07. The van der Waals surface area contributed by atoms with E-state index < -0.39 is 17.1 Å². The highest BCUT2D eigenvalue weighted by atomic mass is 16.3. The Morgan fingerprint density at radius 3 is 2.26 bits per heavy atom. The predicted octanol–water partition coefficient (Wildman–Crippen LogP) is 3.50. The molecule has 0 saturated carbocycles. The van der Waals surface area contributed by atoms with Gasteiger partial charge in [0.05, 0.1) is 17.1 Å². The first-order valence-corrected chi connectivity index (χ1v) is 8.68. The van der Waals surface area contributed by atoms with Crippen molar-refractivity contribution in [3.05, 3.63) is 86.6 Å². The Bertz CT molecular complexity index is 1090. The highest BCUT2D eigenvalue weighted by molar-refractivity contribution is 6.01. The second-order valence-electron chi connectivity index (χ2n) is 6.57. The molecule has 3 rings (SSSR count). The Morgan fingerprint density at radius 1 is 1.04 bits per heavy atom. The highest BCUT2D eigenvalue weighted by Crippen LogP contribution is 2.22. The first kappa shape index (κ1) is 18.4. The number of aromatic nitrogens is 2. The second-order valence-corrected chi connectivity index (χ2v) is 6.57. The van der Waals surface area contributed by atoms with Gasteiger partial charge < -0.3 is 5.11 Å². The van der Waals surface area contributed by atoms with Crippen LogP contribution in [-0.2, 0) is 0 Å². The maximum absolute atomic E-state index is 12.3. The molecule has 0 radical (unpaired) electrons. The van der Waals surface area contributed by atoms with Gasteiger partial charge in [0, 0.05) is 0 Å². The van der Waals surface area contributed by atoms with Gasteiger partial charge in [-0.3, -0.25) is 14.8 Å². The van der Waals surface area contributed by atoms with Gasteiger partial charge in [-0.25, -0.2) is 9.36 Å². The van der Waals surface area contributed by atoms with Crippen molar-refractivity contribution in [3.63, 3.8) is 0 Å². The standard InChI is InChI=1S/C21H21N3O3/c1-13(2)15-9-11-16(12-10-15)22-14(3)18-19(25)23-21(27)24(20(18)26)17-7-5-4-6-8-17/h4-13,26H,1-3H3,(H,23,25,27). The molecule has 0 unspecified atom stereocenters. The van der Waals surface area contributed by atoms with Gasteiger partial charge in [-0.05, 0) is 42.7 Å². The van der Waals surface area contributed by atoms with E-state index in [0.29, 0.717) is 23.0 Å². The molecule has 1 heterocycles. The molecule has 2 N–H and O–H groups in total. The van der Waals surface area contributed by atoms with Crippen molar-refractivity contribution in [2.24, 2.45) is 4.99 Å². The molecular weight excluding hydrogens is 342 g/mol. The molecule has 0 saturated heterocycles. The zero-order chi connectivity index (χ0) is 19.6. The van der Waals surface area contributed by atoms with Gasteiger partial charge >= 0.3 is 5.69 Å². The van der Waals surface area contributed by atoms with Gasteiger partial charge in [0.2, 0.25) is 5.88 Å². The lowest BCUT2D eigenvalue weighted by atomic mass is 10.0. The molecule has 0 fully saturated rings. The van der Waals surface area contributed by atoms with Crippen molar-refractivity contribution >= 4 is 11.4 Å². The SMILES string of the molecule is CC(=Nc1ccc(C(C)C)cc1)c1c(O)n(-c2ccccc2)c(=O)[nH]c1=O. The number of hydrogen-bond donors (Lipinski definition) is 2. The number of aromatic amines is 1.